The first-order valence-corrected chi connectivity index (χ1v) is 13.5. The monoisotopic (exact) mass is 516 g/mol. The molecule has 0 atom stereocenters. The number of nitrogens with zero attached hydrogens (tertiary/aromatic N) is 2. The van der Waals surface area contributed by atoms with E-state index in [1.807, 2.05) is 26.0 Å². The largest absolute Gasteiger partial charge is 0.322 e. The van der Waals surface area contributed by atoms with Crippen molar-refractivity contribution in [3.63, 3.8) is 0 Å². The summed E-state index contributed by atoms with van der Waals surface area (Å²) in [6, 6.07) is 17.4. The maximum atomic E-state index is 12.8. The van der Waals surface area contributed by atoms with Crippen molar-refractivity contribution in [1.82, 2.24) is 4.31 Å². The highest BCUT2D eigenvalue weighted by atomic mass is 32.2. The molecule has 3 aromatic carbocycles. The molecule has 0 aliphatic heterocycles. The Labute approximate surface area is 206 Å². The first-order chi connectivity index (χ1) is 16.3. The standard InChI is InChI=1S/C24H28N4O5S2/c1-17-6-7-18(2)23(16-17)26-34(30,31)22-14-10-20(11-15-22)25-24(29)19-8-12-21(13-9-19)28(5)35(32,33)27(3)4/h6-16,26H,1-5H3,(H,25,29). The maximum absolute atomic E-state index is 12.8. The minimum absolute atomic E-state index is 0.0610. The predicted octanol–water partition coefficient (Wildman–Crippen LogP) is 3.60. The molecule has 0 saturated heterocycles. The van der Waals surface area contributed by atoms with Gasteiger partial charge >= 0.3 is 10.2 Å². The van der Waals surface area contributed by atoms with E-state index in [1.165, 1.54) is 69.7 Å². The van der Waals surface area contributed by atoms with Gasteiger partial charge in [0, 0.05) is 32.4 Å². The number of nitrogens with one attached hydrogen (secondary N) is 2. The fraction of sp³-hybridized carbons (Fsp3) is 0.208. The van der Waals surface area contributed by atoms with Crippen molar-refractivity contribution >= 4 is 43.2 Å². The molecule has 9 nitrogen and oxygen atoms in total. The van der Waals surface area contributed by atoms with Gasteiger partial charge in [-0.2, -0.15) is 12.7 Å². The summed E-state index contributed by atoms with van der Waals surface area (Å²) in [6.45, 7) is 3.70. The molecule has 0 spiro atoms. The molecule has 2 N–H and O–H groups in total. The lowest BCUT2D eigenvalue weighted by molar-refractivity contribution is 0.102. The lowest BCUT2D eigenvalue weighted by Crippen LogP contribution is -2.37. The summed E-state index contributed by atoms with van der Waals surface area (Å²) in [5, 5.41) is 2.71. The van der Waals surface area contributed by atoms with Crippen molar-refractivity contribution in [3.05, 3.63) is 83.4 Å². The third-order valence-electron chi connectivity index (χ3n) is 5.36. The number of hydrogen-bond acceptors (Lipinski definition) is 5. The normalized spacial score (nSPS) is 11.8. The van der Waals surface area contributed by atoms with Gasteiger partial charge < -0.3 is 5.32 Å². The van der Waals surface area contributed by atoms with Gasteiger partial charge in [-0.25, -0.2) is 8.42 Å². The zero-order valence-corrected chi connectivity index (χ0v) is 21.7. The quantitative estimate of drug-likeness (QED) is 0.475. The highest BCUT2D eigenvalue weighted by molar-refractivity contribution is 7.92. The summed E-state index contributed by atoms with van der Waals surface area (Å²) in [5.74, 6) is -0.418. The summed E-state index contributed by atoms with van der Waals surface area (Å²) in [5.41, 5.74) is 3.38. The van der Waals surface area contributed by atoms with Crippen LogP contribution in [0.4, 0.5) is 17.1 Å². The Hall–Kier alpha value is -3.41. The van der Waals surface area contributed by atoms with Gasteiger partial charge in [-0.1, -0.05) is 12.1 Å². The first kappa shape index (κ1) is 26.2. The number of benzene rings is 3. The highest BCUT2D eigenvalue weighted by Crippen LogP contribution is 2.23. The van der Waals surface area contributed by atoms with Gasteiger partial charge in [0.1, 0.15) is 0 Å². The summed E-state index contributed by atoms with van der Waals surface area (Å²) in [4.78, 5) is 12.7. The van der Waals surface area contributed by atoms with Crippen LogP contribution in [0.3, 0.4) is 0 Å². The number of rotatable bonds is 8. The lowest BCUT2D eigenvalue weighted by Gasteiger charge is -2.23. The van der Waals surface area contributed by atoms with Crippen LogP contribution in [-0.2, 0) is 20.2 Å². The molecule has 0 fully saturated rings. The van der Waals surface area contributed by atoms with E-state index in [1.54, 1.807) is 6.07 Å². The van der Waals surface area contributed by atoms with Crippen LogP contribution in [-0.4, -0.2) is 48.2 Å². The Bertz CT molecular complexity index is 1430. The molecule has 1 amide bonds. The highest BCUT2D eigenvalue weighted by Gasteiger charge is 2.21. The van der Waals surface area contributed by atoms with Crippen LogP contribution in [0.15, 0.2) is 71.6 Å². The van der Waals surface area contributed by atoms with Crippen LogP contribution in [0.25, 0.3) is 0 Å². The fourth-order valence-corrected chi connectivity index (χ4v) is 5.17. The smallest absolute Gasteiger partial charge is 0.303 e. The van der Waals surface area contributed by atoms with E-state index in [2.05, 4.69) is 10.0 Å². The second-order valence-corrected chi connectivity index (χ2v) is 12.1. The van der Waals surface area contributed by atoms with Crippen molar-refractivity contribution in [1.29, 1.82) is 0 Å². The molecule has 0 aliphatic carbocycles. The Morgan fingerprint density at radius 3 is 1.97 bits per heavy atom. The van der Waals surface area contributed by atoms with Crippen molar-refractivity contribution in [2.45, 2.75) is 18.7 Å². The Kier molecular flexibility index (Phi) is 7.53. The average Bonchev–Trinajstić information content (AvgIpc) is 2.81. The minimum atomic E-state index is -3.80. The summed E-state index contributed by atoms with van der Waals surface area (Å²) in [6.07, 6.45) is 0. The Balaban J connectivity index is 1.70. The second-order valence-electron chi connectivity index (χ2n) is 8.21. The van der Waals surface area contributed by atoms with E-state index in [4.69, 9.17) is 0 Å². The molecule has 0 radical (unpaired) electrons. The summed E-state index contributed by atoms with van der Waals surface area (Å²) >= 11 is 0. The zero-order valence-electron chi connectivity index (χ0n) is 20.1. The van der Waals surface area contributed by atoms with Gasteiger partial charge in [-0.3, -0.25) is 13.8 Å². The van der Waals surface area contributed by atoms with Gasteiger partial charge in [0.15, 0.2) is 0 Å². The van der Waals surface area contributed by atoms with E-state index >= 15 is 0 Å². The van der Waals surface area contributed by atoms with E-state index in [0.717, 1.165) is 19.7 Å². The van der Waals surface area contributed by atoms with Crippen molar-refractivity contribution in [3.8, 4) is 0 Å². The van der Waals surface area contributed by atoms with Gasteiger partial charge in [-0.05, 0) is 79.6 Å². The number of sulfonamides is 1. The molecule has 186 valence electrons. The lowest BCUT2D eigenvalue weighted by atomic mass is 10.1. The number of carbonyl (C=O) groups is 1. The van der Waals surface area contributed by atoms with Crippen molar-refractivity contribution in [2.24, 2.45) is 0 Å². The van der Waals surface area contributed by atoms with Crippen LogP contribution in [0.2, 0.25) is 0 Å². The van der Waals surface area contributed by atoms with Gasteiger partial charge in [0.05, 0.1) is 16.3 Å². The van der Waals surface area contributed by atoms with Crippen LogP contribution in [0, 0.1) is 13.8 Å². The first-order valence-electron chi connectivity index (χ1n) is 10.6. The van der Waals surface area contributed by atoms with E-state index in [-0.39, 0.29) is 4.90 Å². The Morgan fingerprint density at radius 2 is 1.40 bits per heavy atom. The third kappa shape index (κ3) is 5.99. The number of hydrogen-bond donors (Lipinski definition) is 2. The molecule has 0 heterocycles. The van der Waals surface area contributed by atoms with Gasteiger partial charge in [0.2, 0.25) is 0 Å². The number of amides is 1. The SMILES string of the molecule is Cc1ccc(C)c(NS(=O)(=O)c2ccc(NC(=O)c3ccc(N(C)S(=O)(=O)N(C)C)cc3)cc2)c1. The molecule has 0 aromatic heterocycles. The predicted molar refractivity (Wildman–Crippen MR) is 139 cm³/mol. The van der Waals surface area contributed by atoms with Crippen molar-refractivity contribution < 1.29 is 21.6 Å². The van der Waals surface area contributed by atoms with E-state index in [9.17, 15) is 21.6 Å². The van der Waals surface area contributed by atoms with Crippen LogP contribution in [0.1, 0.15) is 21.5 Å². The number of aryl methyl sites for hydroxylation is 2. The number of anilines is 3. The maximum Gasteiger partial charge on any atom is 0.303 e. The second kappa shape index (κ2) is 10.1. The fourth-order valence-electron chi connectivity index (χ4n) is 3.17. The number of carbonyl (C=O) groups excluding carboxylic acids is 1. The average molecular weight is 517 g/mol. The zero-order chi connectivity index (χ0) is 26.0. The summed E-state index contributed by atoms with van der Waals surface area (Å²) in [7, 11) is -3.15. The molecule has 3 aromatic rings. The van der Waals surface area contributed by atoms with Crippen molar-refractivity contribution in [2.75, 3.05) is 35.5 Å². The molecule has 0 saturated carbocycles. The third-order valence-corrected chi connectivity index (χ3v) is 8.57. The molecule has 35 heavy (non-hydrogen) atoms. The van der Waals surface area contributed by atoms with Crippen LogP contribution in [0.5, 0.6) is 0 Å². The van der Waals surface area contributed by atoms with Gasteiger partial charge in [0.25, 0.3) is 15.9 Å². The molecule has 0 aliphatic rings. The van der Waals surface area contributed by atoms with Crippen LogP contribution < -0.4 is 14.3 Å². The molecular weight excluding hydrogens is 488 g/mol. The topological polar surface area (TPSA) is 116 Å². The molecule has 0 bridgehead atoms. The van der Waals surface area contributed by atoms with Crippen LogP contribution >= 0.6 is 0 Å². The van der Waals surface area contributed by atoms with Gasteiger partial charge in [-0.15, -0.1) is 0 Å². The van der Waals surface area contributed by atoms with E-state index in [0.29, 0.717) is 22.6 Å². The summed E-state index contributed by atoms with van der Waals surface area (Å²) < 4.78 is 54.8. The van der Waals surface area contributed by atoms with E-state index < -0.39 is 26.1 Å². The molecular formula is C24H28N4O5S2. The molecule has 0 unspecified atom stereocenters. The Morgan fingerprint density at radius 1 is 0.800 bits per heavy atom. The minimum Gasteiger partial charge on any atom is -0.322 e. The molecule has 11 heteroatoms. The molecule has 3 rings (SSSR count).